The van der Waals surface area contributed by atoms with E-state index in [9.17, 15) is 0 Å². The molecule has 4 rings (SSSR count). The molecule has 8 heteroatoms. The van der Waals surface area contributed by atoms with Crippen molar-refractivity contribution in [2.24, 2.45) is 0 Å². The molecule has 34 heavy (non-hydrogen) atoms. The number of thiocarbonyl (C=S) groups is 1. The smallest absolute Gasteiger partial charge is 0.258 e. The summed E-state index contributed by atoms with van der Waals surface area (Å²) in [5.74, 6) is 0.984. The predicted octanol–water partition coefficient (Wildman–Crippen LogP) is 6.10. The van der Waals surface area contributed by atoms with Crippen molar-refractivity contribution in [2.75, 3.05) is 19.8 Å². The fourth-order valence-electron chi connectivity index (χ4n) is 4.04. The van der Waals surface area contributed by atoms with Crippen LogP contribution in [0.1, 0.15) is 48.9 Å². The summed E-state index contributed by atoms with van der Waals surface area (Å²) in [6.07, 6.45) is 0.856. The van der Waals surface area contributed by atoms with E-state index in [0.29, 0.717) is 35.1 Å². The van der Waals surface area contributed by atoms with E-state index < -0.39 is 0 Å². The summed E-state index contributed by atoms with van der Waals surface area (Å²) < 4.78 is 11.3. The molecule has 6 nitrogen and oxygen atoms in total. The van der Waals surface area contributed by atoms with Crippen molar-refractivity contribution in [2.45, 2.75) is 40.2 Å². The molecule has 2 heterocycles. The number of aryl methyl sites for hydroxylation is 2. The number of hydrogen-bond donors (Lipinski definition) is 1. The summed E-state index contributed by atoms with van der Waals surface area (Å²) >= 11 is 11.8. The molecule has 2 aromatic carbocycles. The van der Waals surface area contributed by atoms with Gasteiger partial charge in [-0.05, 0) is 87.3 Å². The van der Waals surface area contributed by atoms with Crippen LogP contribution >= 0.6 is 23.8 Å². The minimum atomic E-state index is -0.201. The largest absolute Gasteiger partial charge is 0.382 e. The van der Waals surface area contributed by atoms with Crippen LogP contribution in [0, 0.1) is 13.8 Å². The molecule has 0 radical (unpaired) electrons. The monoisotopic (exact) mass is 496 g/mol. The molecule has 1 aliphatic rings. The number of aromatic nitrogens is 2. The number of nitrogens with one attached hydrogen (secondary N) is 1. The summed E-state index contributed by atoms with van der Waals surface area (Å²) in [4.78, 5) is 6.85. The van der Waals surface area contributed by atoms with E-state index in [1.54, 1.807) is 0 Å². The Morgan fingerprint density at radius 3 is 2.59 bits per heavy atom. The minimum absolute atomic E-state index is 0.201. The number of nitrogens with zero attached hydrogens (tertiary/aromatic N) is 3. The quantitative estimate of drug-likeness (QED) is 0.299. The van der Waals surface area contributed by atoms with Gasteiger partial charge in [0.05, 0.1) is 11.6 Å². The second-order valence-corrected chi connectivity index (χ2v) is 9.18. The van der Waals surface area contributed by atoms with Gasteiger partial charge in [0.2, 0.25) is 5.82 Å². The van der Waals surface area contributed by atoms with Crippen LogP contribution in [0.25, 0.3) is 17.0 Å². The number of ether oxygens (including phenoxy) is 1. The van der Waals surface area contributed by atoms with Crippen molar-refractivity contribution >= 4 is 34.5 Å². The third kappa shape index (κ3) is 5.17. The lowest BCUT2D eigenvalue weighted by Gasteiger charge is -2.37. The maximum absolute atomic E-state index is 6.04. The first-order valence-corrected chi connectivity index (χ1v) is 12.2. The first kappa shape index (κ1) is 24.4. The molecule has 1 aliphatic heterocycles. The molecule has 1 aromatic heterocycles. The fraction of sp³-hybridized carbons (Fsp3) is 0.346. The highest BCUT2D eigenvalue weighted by Gasteiger charge is 2.34. The molecule has 0 bridgehead atoms. The summed E-state index contributed by atoms with van der Waals surface area (Å²) in [5.41, 5.74) is 6.31. The first-order valence-electron chi connectivity index (χ1n) is 11.4. The van der Waals surface area contributed by atoms with Crippen molar-refractivity contribution in [3.05, 3.63) is 75.8 Å². The highest BCUT2D eigenvalue weighted by atomic mass is 35.5. The Kier molecular flexibility index (Phi) is 7.66. The van der Waals surface area contributed by atoms with E-state index in [4.69, 9.17) is 38.1 Å². The normalized spacial score (nSPS) is 16.2. The average molecular weight is 497 g/mol. The van der Waals surface area contributed by atoms with Gasteiger partial charge in [0.1, 0.15) is 0 Å². The van der Waals surface area contributed by atoms with Crippen LogP contribution in [0.4, 0.5) is 0 Å². The Labute approximate surface area is 210 Å². The Bertz CT molecular complexity index is 1210. The van der Waals surface area contributed by atoms with Crippen molar-refractivity contribution in [3.8, 4) is 11.4 Å². The molecule has 1 unspecified atom stereocenters. The second kappa shape index (κ2) is 10.7. The van der Waals surface area contributed by atoms with Gasteiger partial charge in [-0.25, -0.2) is 0 Å². The van der Waals surface area contributed by atoms with Crippen LogP contribution in [0.3, 0.4) is 0 Å². The maximum atomic E-state index is 6.04. The van der Waals surface area contributed by atoms with Gasteiger partial charge in [-0.1, -0.05) is 35.0 Å². The third-order valence-corrected chi connectivity index (χ3v) is 6.68. The highest BCUT2D eigenvalue weighted by molar-refractivity contribution is 7.80. The van der Waals surface area contributed by atoms with Crippen molar-refractivity contribution in [3.63, 3.8) is 0 Å². The van der Waals surface area contributed by atoms with Crippen molar-refractivity contribution in [1.29, 1.82) is 0 Å². The highest BCUT2D eigenvalue weighted by Crippen LogP contribution is 2.38. The van der Waals surface area contributed by atoms with Gasteiger partial charge < -0.3 is 19.5 Å². The zero-order valence-electron chi connectivity index (χ0n) is 19.9. The van der Waals surface area contributed by atoms with Gasteiger partial charge >= 0.3 is 0 Å². The molecule has 0 spiro atoms. The average Bonchev–Trinajstić information content (AvgIpc) is 3.30. The molecular weight excluding hydrogens is 468 g/mol. The van der Waals surface area contributed by atoms with Gasteiger partial charge in [-0.3, -0.25) is 0 Å². The van der Waals surface area contributed by atoms with Crippen LogP contribution in [-0.2, 0) is 4.74 Å². The Morgan fingerprint density at radius 1 is 1.12 bits per heavy atom. The zero-order chi connectivity index (χ0) is 24.2. The zero-order valence-corrected chi connectivity index (χ0v) is 21.5. The van der Waals surface area contributed by atoms with Gasteiger partial charge in [-0.15, -0.1) is 0 Å². The molecule has 1 N–H and O–H groups in total. The van der Waals surface area contributed by atoms with Crippen LogP contribution in [0.15, 0.2) is 52.7 Å². The SMILES string of the molecule is CCOCCCN1C(=S)NC(c2ccc(C)c(C)c2)C(c2nc(-c3ccc(Cl)cc3)no2)=C1C. The lowest BCUT2D eigenvalue weighted by atomic mass is 9.92. The summed E-state index contributed by atoms with van der Waals surface area (Å²) in [7, 11) is 0. The van der Waals surface area contributed by atoms with Crippen LogP contribution < -0.4 is 5.32 Å². The van der Waals surface area contributed by atoms with Gasteiger partial charge in [0.15, 0.2) is 5.11 Å². The number of allylic oxidation sites excluding steroid dienone is 1. The molecule has 178 valence electrons. The third-order valence-electron chi connectivity index (χ3n) is 6.09. The number of benzene rings is 2. The van der Waals surface area contributed by atoms with E-state index in [2.05, 4.69) is 54.3 Å². The molecular formula is C26H29ClN4O2S. The van der Waals surface area contributed by atoms with Crippen LogP contribution in [0.5, 0.6) is 0 Å². The van der Waals surface area contributed by atoms with E-state index >= 15 is 0 Å². The molecule has 0 aliphatic carbocycles. The van der Waals surface area contributed by atoms with Crippen LogP contribution in [0.2, 0.25) is 5.02 Å². The number of halogens is 1. The standard InChI is InChI=1S/C26H29ClN4O2S/c1-5-32-14-6-13-31-18(4)22(23(28-26(31)34)20-8-7-16(2)17(3)15-20)25-29-24(30-33-25)19-9-11-21(27)12-10-19/h7-12,15,23H,5-6,13-14H2,1-4H3,(H,28,34). The summed E-state index contributed by atoms with van der Waals surface area (Å²) in [5, 5.41) is 9.11. The number of hydrogen-bond acceptors (Lipinski definition) is 5. The van der Waals surface area contributed by atoms with E-state index in [1.807, 2.05) is 31.2 Å². The van der Waals surface area contributed by atoms with E-state index in [-0.39, 0.29) is 6.04 Å². The molecule has 1 atom stereocenters. The van der Waals surface area contributed by atoms with Crippen molar-refractivity contribution in [1.82, 2.24) is 20.4 Å². The molecule has 0 amide bonds. The number of rotatable bonds is 8. The fourth-order valence-corrected chi connectivity index (χ4v) is 4.51. The molecule has 3 aromatic rings. The summed E-state index contributed by atoms with van der Waals surface area (Å²) in [6.45, 7) is 10.4. The maximum Gasteiger partial charge on any atom is 0.258 e. The van der Waals surface area contributed by atoms with Crippen LogP contribution in [-0.4, -0.2) is 39.9 Å². The second-order valence-electron chi connectivity index (χ2n) is 8.36. The van der Waals surface area contributed by atoms with Gasteiger partial charge in [0.25, 0.3) is 5.89 Å². The topological polar surface area (TPSA) is 63.4 Å². The van der Waals surface area contributed by atoms with E-state index in [1.165, 1.54) is 11.1 Å². The first-order chi connectivity index (χ1) is 16.4. The Balaban J connectivity index is 1.75. The molecule has 0 saturated carbocycles. The molecule has 0 fully saturated rings. The Morgan fingerprint density at radius 2 is 1.88 bits per heavy atom. The lowest BCUT2D eigenvalue weighted by Crippen LogP contribution is -2.46. The lowest BCUT2D eigenvalue weighted by molar-refractivity contribution is 0.141. The summed E-state index contributed by atoms with van der Waals surface area (Å²) in [6, 6.07) is 13.6. The van der Waals surface area contributed by atoms with Gasteiger partial charge in [0, 0.05) is 36.0 Å². The van der Waals surface area contributed by atoms with E-state index in [0.717, 1.165) is 35.4 Å². The molecule has 0 saturated heterocycles. The predicted molar refractivity (Wildman–Crippen MR) is 140 cm³/mol. The Hall–Kier alpha value is -2.74. The van der Waals surface area contributed by atoms with Gasteiger partial charge in [-0.2, -0.15) is 4.98 Å². The minimum Gasteiger partial charge on any atom is -0.382 e. The van der Waals surface area contributed by atoms with Crippen molar-refractivity contribution < 1.29 is 9.26 Å².